The summed E-state index contributed by atoms with van der Waals surface area (Å²) >= 11 is 0. The molecular formula is C15H23F2N. The number of benzene rings is 1. The van der Waals surface area contributed by atoms with E-state index in [0.717, 1.165) is 25.5 Å². The number of hydrogen-bond donors (Lipinski definition) is 1. The van der Waals surface area contributed by atoms with Crippen LogP contribution in [0.3, 0.4) is 0 Å². The van der Waals surface area contributed by atoms with Gasteiger partial charge in [-0.1, -0.05) is 32.9 Å². The molecule has 0 saturated heterocycles. The first-order valence-corrected chi connectivity index (χ1v) is 6.72. The number of rotatable bonds is 7. The van der Waals surface area contributed by atoms with E-state index in [1.165, 1.54) is 0 Å². The van der Waals surface area contributed by atoms with E-state index in [2.05, 4.69) is 26.1 Å². The molecule has 1 N–H and O–H groups in total. The summed E-state index contributed by atoms with van der Waals surface area (Å²) in [5.41, 5.74) is 0.481. The Balaban J connectivity index is 2.47. The second-order valence-electron chi connectivity index (χ2n) is 5.01. The summed E-state index contributed by atoms with van der Waals surface area (Å²) in [6.07, 6.45) is 2.45. The molecule has 18 heavy (non-hydrogen) atoms. The summed E-state index contributed by atoms with van der Waals surface area (Å²) in [7, 11) is 0. The van der Waals surface area contributed by atoms with E-state index >= 15 is 0 Å². The quantitative estimate of drug-likeness (QED) is 0.778. The Morgan fingerprint density at radius 3 is 2.56 bits per heavy atom. The fourth-order valence-electron chi connectivity index (χ4n) is 2.19. The molecule has 0 bridgehead atoms. The molecule has 0 radical (unpaired) electrons. The van der Waals surface area contributed by atoms with Gasteiger partial charge in [0.1, 0.15) is 0 Å². The highest BCUT2D eigenvalue weighted by molar-refractivity contribution is 5.18. The minimum atomic E-state index is -0.750. The molecular weight excluding hydrogens is 232 g/mol. The summed E-state index contributed by atoms with van der Waals surface area (Å²) in [5, 5.41) is 3.43. The molecule has 1 atom stereocenters. The zero-order chi connectivity index (χ0) is 13.5. The van der Waals surface area contributed by atoms with Crippen LogP contribution in [0.2, 0.25) is 0 Å². The van der Waals surface area contributed by atoms with Gasteiger partial charge in [-0.25, -0.2) is 8.78 Å². The maximum Gasteiger partial charge on any atom is 0.162 e. The molecule has 0 saturated carbocycles. The van der Waals surface area contributed by atoms with Crippen LogP contribution in [0.25, 0.3) is 0 Å². The fourth-order valence-corrected chi connectivity index (χ4v) is 2.19. The second-order valence-corrected chi connectivity index (χ2v) is 5.01. The van der Waals surface area contributed by atoms with Gasteiger partial charge in [0, 0.05) is 6.04 Å². The first-order chi connectivity index (χ1) is 8.56. The van der Waals surface area contributed by atoms with Gasteiger partial charge in [0.05, 0.1) is 0 Å². The largest absolute Gasteiger partial charge is 0.314 e. The summed E-state index contributed by atoms with van der Waals surface area (Å²) < 4.78 is 26.5. The summed E-state index contributed by atoms with van der Waals surface area (Å²) in [4.78, 5) is 0. The Morgan fingerprint density at radius 2 is 1.94 bits per heavy atom. The van der Waals surface area contributed by atoms with E-state index in [1.807, 2.05) is 0 Å². The van der Waals surface area contributed by atoms with Crippen LogP contribution in [0.1, 0.15) is 39.2 Å². The first kappa shape index (κ1) is 15.1. The molecule has 0 amide bonds. The van der Waals surface area contributed by atoms with Gasteiger partial charge in [-0.05, 0) is 43.4 Å². The molecule has 0 aliphatic heterocycles. The minimum absolute atomic E-state index is 0.451. The molecule has 0 aromatic heterocycles. The lowest BCUT2D eigenvalue weighted by atomic mass is 9.96. The van der Waals surface area contributed by atoms with Crippen molar-refractivity contribution in [2.24, 2.45) is 5.92 Å². The maximum atomic E-state index is 13.4. The monoisotopic (exact) mass is 255 g/mol. The van der Waals surface area contributed by atoms with Gasteiger partial charge in [-0.15, -0.1) is 0 Å². The first-order valence-electron chi connectivity index (χ1n) is 6.72. The summed E-state index contributed by atoms with van der Waals surface area (Å²) in [5.74, 6) is -0.885. The predicted molar refractivity (Wildman–Crippen MR) is 71.6 cm³/mol. The average molecular weight is 255 g/mol. The molecule has 0 aliphatic rings. The van der Waals surface area contributed by atoms with Crippen molar-refractivity contribution in [3.05, 3.63) is 35.4 Å². The van der Waals surface area contributed by atoms with E-state index in [9.17, 15) is 8.78 Å². The number of aryl methyl sites for hydroxylation is 1. The number of nitrogens with one attached hydrogen (secondary N) is 1. The third kappa shape index (κ3) is 4.37. The van der Waals surface area contributed by atoms with E-state index in [0.29, 0.717) is 23.9 Å². The topological polar surface area (TPSA) is 12.0 Å². The van der Waals surface area contributed by atoms with Crippen LogP contribution in [-0.4, -0.2) is 12.6 Å². The minimum Gasteiger partial charge on any atom is -0.314 e. The number of halogens is 2. The fraction of sp³-hybridized carbons (Fsp3) is 0.600. The predicted octanol–water partition coefficient (Wildman–Crippen LogP) is 3.92. The second kappa shape index (κ2) is 7.47. The molecule has 0 heterocycles. The van der Waals surface area contributed by atoms with Crippen LogP contribution < -0.4 is 5.32 Å². The lowest BCUT2D eigenvalue weighted by Crippen LogP contribution is -2.33. The maximum absolute atomic E-state index is 13.4. The van der Waals surface area contributed by atoms with Gasteiger partial charge in [-0.2, -0.15) is 0 Å². The smallest absolute Gasteiger partial charge is 0.162 e. The van der Waals surface area contributed by atoms with Gasteiger partial charge in [0.2, 0.25) is 0 Å². The van der Waals surface area contributed by atoms with Crippen molar-refractivity contribution in [1.82, 2.24) is 5.32 Å². The molecule has 0 fully saturated rings. The third-order valence-corrected chi connectivity index (χ3v) is 3.26. The summed E-state index contributed by atoms with van der Waals surface area (Å²) in [6.45, 7) is 7.38. The zero-order valence-electron chi connectivity index (χ0n) is 11.5. The Labute approximate surface area is 109 Å². The third-order valence-electron chi connectivity index (χ3n) is 3.26. The van der Waals surface area contributed by atoms with Crippen LogP contribution in [0.5, 0.6) is 0 Å². The van der Waals surface area contributed by atoms with E-state index in [1.54, 1.807) is 12.1 Å². The Bertz CT molecular complexity index is 364. The zero-order valence-corrected chi connectivity index (χ0v) is 11.5. The average Bonchev–Trinajstić information content (AvgIpc) is 2.33. The van der Waals surface area contributed by atoms with Crippen molar-refractivity contribution in [1.29, 1.82) is 0 Å². The van der Waals surface area contributed by atoms with Crippen molar-refractivity contribution in [3.63, 3.8) is 0 Å². The Kier molecular flexibility index (Phi) is 6.27. The van der Waals surface area contributed by atoms with Crippen LogP contribution in [-0.2, 0) is 6.42 Å². The van der Waals surface area contributed by atoms with Gasteiger partial charge >= 0.3 is 0 Å². The van der Waals surface area contributed by atoms with Gasteiger partial charge in [0.15, 0.2) is 11.6 Å². The molecule has 1 nitrogen and oxygen atoms in total. The van der Waals surface area contributed by atoms with Crippen molar-refractivity contribution >= 4 is 0 Å². The van der Waals surface area contributed by atoms with E-state index < -0.39 is 11.6 Å². The highest BCUT2D eigenvalue weighted by atomic mass is 19.2. The van der Waals surface area contributed by atoms with Gasteiger partial charge in [-0.3, -0.25) is 0 Å². The van der Waals surface area contributed by atoms with Gasteiger partial charge in [0.25, 0.3) is 0 Å². The van der Waals surface area contributed by atoms with Crippen LogP contribution in [0, 0.1) is 17.6 Å². The lowest BCUT2D eigenvalue weighted by Gasteiger charge is -2.21. The lowest BCUT2D eigenvalue weighted by molar-refractivity contribution is 0.375. The molecule has 1 aromatic rings. The van der Waals surface area contributed by atoms with Crippen LogP contribution in [0.15, 0.2) is 18.2 Å². The molecule has 0 aliphatic carbocycles. The standard InChI is InChI=1S/C15H23F2N/c1-4-18-14(11(2)3)10-6-8-12-7-5-9-13(16)15(12)17/h5,7,9,11,14,18H,4,6,8,10H2,1-3H3. The van der Waals surface area contributed by atoms with Crippen LogP contribution in [0.4, 0.5) is 8.78 Å². The SMILES string of the molecule is CCNC(CCCc1cccc(F)c1F)C(C)C. The molecule has 1 unspecified atom stereocenters. The highest BCUT2D eigenvalue weighted by Gasteiger charge is 2.12. The highest BCUT2D eigenvalue weighted by Crippen LogP contribution is 2.16. The van der Waals surface area contributed by atoms with Crippen LogP contribution >= 0.6 is 0 Å². The van der Waals surface area contributed by atoms with E-state index in [4.69, 9.17) is 0 Å². The molecule has 1 aromatic carbocycles. The Hall–Kier alpha value is -0.960. The van der Waals surface area contributed by atoms with Gasteiger partial charge < -0.3 is 5.32 Å². The molecule has 3 heteroatoms. The van der Waals surface area contributed by atoms with Crippen molar-refractivity contribution in [2.75, 3.05) is 6.54 Å². The molecule has 0 spiro atoms. The Morgan fingerprint density at radius 1 is 1.22 bits per heavy atom. The van der Waals surface area contributed by atoms with Crippen molar-refractivity contribution in [3.8, 4) is 0 Å². The summed E-state index contributed by atoms with van der Waals surface area (Å²) in [6, 6.07) is 4.84. The normalized spacial score (nSPS) is 13.0. The molecule has 102 valence electrons. The van der Waals surface area contributed by atoms with Crippen molar-refractivity contribution in [2.45, 2.75) is 46.1 Å². The van der Waals surface area contributed by atoms with Crippen molar-refractivity contribution < 1.29 is 8.78 Å². The molecule has 1 rings (SSSR count). The van der Waals surface area contributed by atoms with E-state index in [-0.39, 0.29) is 0 Å². The number of hydrogen-bond acceptors (Lipinski definition) is 1.